The highest BCUT2D eigenvalue weighted by Crippen LogP contribution is 2.28. The molecule has 1 aliphatic heterocycles. The molecule has 0 aliphatic carbocycles. The summed E-state index contributed by atoms with van der Waals surface area (Å²) in [7, 11) is 4.09. The quantitative estimate of drug-likeness (QED) is 0.439. The lowest BCUT2D eigenvalue weighted by molar-refractivity contribution is -0.00431. The topological polar surface area (TPSA) is 104 Å². The van der Waals surface area contributed by atoms with Gasteiger partial charge in [-0.05, 0) is 37.5 Å². The molecule has 0 saturated carbocycles. The smallest absolute Gasteiger partial charge is 0.166 e. The number of carbonyl (C=O) groups is 1. The lowest BCUT2D eigenvalue weighted by Crippen LogP contribution is -2.44. The Hall–Kier alpha value is -3.62. The van der Waals surface area contributed by atoms with Crippen LogP contribution < -0.4 is 5.73 Å². The lowest BCUT2D eigenvalue weighted by Gasteiger charge is -2.35. The van der Waals surface area contributed by atoms with Crippen LogP contribution in [0.15, 0.2) is 48.7 Å². The summed E-state index contributed by atoms with van der Waals surface area (Å²) < 4.78 is 0. The number of fused-ring (bicyclic) bond motifs is 1. The van der Waals surface area contributed by atoms with E-state index in [1.165, 1.54) is 0 Å². The Labute approximate surface area is 198 Å². The Kier molecular flexibility index (Phi) is 5.85. The molecule has 2 aromatic heterocycles. The van der Waals surface area contributed by atoms with E-state index < -0.39 is 0 Å². The van der Waals surface area contributed by atoms with Crippen LogP contribution in [-0.2, 0) is 0 Å². The van der Waals surface area contributed by atoms with Crippen molar-refractivity contribution in [2.75, 3.05) is 32.9 Å². The van der Waals surface area contributed by atoms with Crippen LogP contribution in [0.2, 0.25) is 0 Å². The molecule has 1 saturated heterocycles. The molecule has 174 valence electrons. The van der Waals surface area contributed by atoms with Crippen molar-refractivity contribution in [1.29, 1.82) is 0 Å². The maximum Gasteiger partial charge on any atom is 0.166 e. The van der Waals surface area contributed by atoms with Gasteiger partial charge >= 0.3 is 0 Å². The third-order valence-corrected chi connectivity index (χ3v) is 6.54. The molecule has 0 atom stereocenters. The Balaban J connectivity index is 1.37. The van der Waals surface area contributed by atoms with Crippen LogP contribution in [0.4, 0.5) is 5.82 Å². The number of aromatic nitrogens is 4. The van der Waals surface area contributed by atoms with Crippen LogP contribution in [0, 0.1) is 12.8 Å². The van der Waals surface area contributed by atoms with E-state index >= 15 is 0 Å². The van der Waals surface area contributed by atoms with Crippen LogP contribution in [0.1, 0.15) is 28.8 Å². The number of nitrogens with one attached hydrogen (secondary N) is 1. The number of ketones is 1. The number of hydrogen-bond donors (Lipinski definition) is 2. The van der Waals surface area contributed by atoms with Crippen LogP contribution in [0.3, 0.4) is 0 Å². The first-order chi connectivity index (χ1) is 16.4. The van der Waals surface area contributed by atoms with Crippen molar-refractivity contribution in [3.8, 4) is 22.8 Å². The molecule has 4 aromatic rings. The fourth-order valence-corrected chi connectivity index (χ4v) is 4.52. The van der Waals surface area contributed by atoms with Gasteiger partial charge in [0, 0.05) is 44.2 Å². The first kappa shape index (κ1) is 22.2. The number of aryl methyl sites for hydroxylation is 1. The van der Waals surface area contributed by atoms with E-state index in [0.717, 1.165) is 53.7 Å². The number of Topliss-reactive ketones (excluding diaryl/α,β-unsaturated/α-hetero) is 1. The van der Waals surface area contributed by atoms with E-state index in [0.29, 0.717) is 23.0 Å². The van der Waals surface area contributed by atoms with E-state index in [-0.39, 0.29) is 11.7 Å². The Bertz CT molecular complexity index is 1340. The van der Waals surface area contributed by atoms with Gasteiger partial charge in [0.2, 0.25) is 0 Å². The average molecular weight is 456 g/mol. The largest absolute Gasteiger partial charge is 0.382 e. The second-order valence-electron chi connectivity index (χ2n) is 9.11. The molecule has 2 aromatic carbocycles. The minimum atomic E-state index is 0.0710. The molecule has 0 spiro atoms. The molecule has 1 aliphatic rings. The monoisotopic (exact) mass is 455 g/mol. The molecule has 1 fully saturated rings. The summed E-state index contributed by atoms with van der Waals surface area (Å²) in [6, 6.07) is 13.7. The zero-order valence-corrected chi connectivity index (χ0v) is 19.7. The molecule has 0 amide bonds. The average Bonchev–Trinajstić information content (AvgIpc) is 3.27. The highest BCUT2D eigenvalue weighted by atomic mass is 16.1. The molecule has 34 heavy (non-hydrogen) atoms. The molecule has 0 bridgehead atoms. The van der Waals surface area contributed by atoms with Gasteiger partial charge in [-0.2, -0.15) is 0 Å². The van der Waals surface area contributed by atoms with Gasteiger partial charge in [0.05, 0.1) is 22.9 Å². The highest BCUT2D eigenvalue weighted by molar-refractivity contribution is 5.98. The van der Waals surface area contributed by atoms with E-state index in [2.05, 4.69) is 25.0 Å². The summed E-state index contributed by atoms with van der Waals surface area (Å²) in [6.45, 7) is 3.86. The number of nitrogens with two attached hydrogens (primary N) is 1. The van der Waals surface area contributed by atoms with E-state index in [9.17, 15) is 4.79 Å². The van der Waals surface area contributed by atoms with E-state index in [1.54, 1.807) is 6.20 Å². The number of benzene rings is 2. The predicted molar refractivity (Wildman–Crippen MR) is 134 cm³/mol. The van der Waals surface area contributed by atoms with E-state index in [4.69, 9.17) is 10.7 Å². The minimum absolute atomic E-state index is 0.0710. The number of H-pyrrole nitrogens is 1. The van der Waals surface area contributed by atoms with Crippen molar-refractivity contribution in [3.63, 3.8) is 0 Å². The minimum Gasteiger partial charge on any atom is -0.382 e. The number of anilines is 1. The van der Waals surface area contributed by atoms with Crippen molar-refractivity contribution in [1.82, 2.24) is 30.0 Å². The van der Waals surface area contributed by atoms with Gasteiger partial charge in [0.1, 0.15) is 5.69 Å². The Morgan fingerprint density at radius 3 is 2.53 bits per heavy atom. The number of imidazole rings is 1. The van der Waals surface area contributed by atoms with Gasteiger partial charge in [-0.1, -0.05) is 30.3 Å². The molecular weight excluding hydrogens is 426 g/mol. The predicted octanol–water partition coefficient (Wildman–Crippen LogP) is 3.95. The van der Waals surface area contributed by atoms with Crippen LogP contribution >= 0.6 is 0 Å². The summed E-state index contributed by atoms with van der Waals surface area (Å²) in [5, 5.41) is 4.37. The Morgan fingerprint density at radius 1 is 1.09 bits per heavy atom. The van der Waals surface area contributed by atoms with E-state index in [1.807, 2.05) is 63.5 Å². The van der Waals surface area contributed by atoms with Crippen LogP contribution in [-0.4, -0.2) is 62.9 Å². The molecule has 3 N–H and O–H groups in total. The number of aromatic amines is 1. The zero-order chi connectivity index (χ0) is 23.8. The van der Waals surface area contributed by atoms with Gasteiger partial charge in [0.25, 0.3) is 0 Å². The number of nitrogen functional groups attached to an aromatic ring is 1. The van der Waals surface area contributed by atoms with Gasteiger partial charge in [-0.15, -0.1) is 0 Å². The first-order valence-electron chi connectivity index (χ1n) is 11.5. The summed E-state index contributed by atoms with van der Waals surface area (Å²) in [4.78, 5) is 30.1. The first-order valence-corrected chi connectivity index (χ1v) is 11.5. The maximum absolute atomic E-state index is 13.0. The van der Waals surface area contributed by atoms with Gasteiger partial charge in [-0.25, -0.2) is 25.0 Å². The number of nitrogens with zero attached hydrogens (tertiary/aromatic N) is 5. The van der Waals surface area contributed by atoms with Crippen LogP contribution in [0.5, 0.6) is 0 Å². The van der Waals surface area contributed by atoms with Crippen molar-refractivity contribution in [3.05, 3.63) is 59.8 Å². The van der Waals surface area contributed by atoms with Crippen molar-refractivity contribution in [2.45, 2.75) is 19.8 Å². The molecule has 0 unspecified atom stereocenters. The number of carbonyl (C=O) groups excluding carboxylic acids is 1. The summed E-state index contributed by atoms with van der Waals surface area (Å²) >= 11 is 0. The summed E-state index contributed by atoms with van der Waals surface area (Å²) in [5.41, 5.74) is 11.9. The standard InChI is InChI=1S/C26H29N7O/c1-16-4-9-20-21(14-16)31-26(30-20)23-25(27)28-15-22(29-23)17-5-7-18(8-6-17)24(34)19-10-12-33(13-11-19)32(2)3/h4-9,14-15,19H,10-13H2,1-3H3,(H2,27,28)(H,30,31). The molecule has 5 rings (SSSR count). The lowest BCUT2D eigenvalue weighted by atomic mass is 9.89. The van der Waals surface area contributed by atoms with Gasteiger partial charge in [0.15, 0.2) is 17.4 Å². The van der Waals surface area contributed by atoms with Crippen molar-refractivity contribution < 1.29 is 4.79 Å². The second kappa shape index (κ2) is 8.96. The number of hydrogen-bond acceptors (Lipinski definition) is 7. The number of piperidine rings is 1. The molecule has 8 nitrogen and oxygen atoms in total. The van der Waals surface area contributed by atoms with Crippen molar-refractivity contribution in [2.24, 2.45) is 5.92 Å². The zero-order valence-electron chi connectivity index (χ0n) is 19.7. The van der Waals surface area contributed by atoms with Crippen molar-refractivity contribution >= 4 is 22.6 Å². The SMILES string of the molecule is Cc1ccc2nc(-c3nc(-c4ccc(C(=O)C5CCN(N(C)C)CC5)cc4)cnc3N)[nH]c2c1. The molecule has 3 heterocycles. The number of hydrazine groups is 1. The summed E-state index contributed by atoms with van der Waals surface area (Å²) in [6.07, 6.45) is 3.41. The van der Waals surface area contributed by atoms with Gasteiger partial charge < -0.3 is 10.7 Å². The van der Waals surface area contributed by atoms with Gasteiger partial charge in [-0.3, -0.25) is 4.79 Å². The van der Waals surface area contributed by atoms with Crippen LogP contribution in [0.25, 0.3) is 33.8 Å². The summed E-state index contributed by atoms with van der Waals surface area (Å²) in [5.74, 6) is 1.19. The Morgan fingerprint density at radius 2 is 1.82 bits per heavy atom. The second-order valence-corrected chi connectivity index (χ2v) is 9.11. The molecule has 0 radical (unpaired) electrons. The fraction of sp³-hybridized carbons (Fsp3) is 0.308. The third kappa shape index (κ3) is 4.30. The number of rotatable bonds is 5. The molecule has 8 heteroatoms. The highest BCUT2D eigenvalue weighted by Gasteiger charge is 2.26. The third-order valence-electron chi connectivity index (χ3n) is 6.54. The normalized spacial score (nSPS) is 15.3. The molecular formula is C26H29N7O. The fourth-order valence-electron chi connectivity index (χ4n) is 4.52. The maximum atomic E-state index is 13.0.